The van der Waals surface area contributed by atoms with E-state index >= 15 is 0 Å². The van der Waals surface area contributed by atoms with E-state index in [1.807, 2.05) is 12.1 Å². The van der Waals surface area contributed by atoms with Crippen LogP contribution in [0, 0.1) is 5.92 Å². The highest BCUT2D eigenvalue weighted by molar-refractivity contribution is 8.00. The fourth-order valence-corrected chi connectivity index (χ4v) is 3.55. The first-order valence-corrected chi connectivity index (χ1v) is 7.07. The summed E-state index contributed by atoms with van der Waals surface area (Å²) in [5.41, 5.74) is 0. The van der Waals surface area contributed by atoms with E-state index in [2.05, 4.69) is 0 Å². The minimum atomic E-state index is -0.697. The average molecular weight is 271 g/mol. The van der Waals surface area contributed by atoms with Gasteiger partial charge >= 0.3 is 5.97 Å². The summed E-state index contributed by atoms with van der Waals surface area (Å²) in [5.74, 6) is -0.384. The summed E-state index contributed by atoms with van der Waals surface area (Å²) in [7, 11) is 0. The van der Waals surface area contributed by atoms with Gasteiger partial charge in [-0.1, -0.05) is 24.4 Å². The molecule has 0 amide bonds. The van der Waals surface area contributed by atoms with Gasteiger partial charge in [-0.25, -0.2) is 0 Å². The number of aliphatic carboxylic acids is 1. The second kappa shape index (κ2) is 5.78. The Morgan fingerprint density at radius 2 is 1.88 bits per heavy atom. The van der Waals surface area contributed by atoms with Crippen LogP contribution in [0.5, 0.6) is 0 Å². The zero-order chi connectivity index (χ0) is 12.3. The van der Waals surface area contributed by atoms with E-state index in [0.717, 1.165) is 30.6 Å². The highest BCUT2D eigenvalue weighted by Gasteiger charge is 2.31. The Hall–Kier alpha value is -0.670. The van der Waals surface area contributed by atoms with Crippen molar-refractivity contribution in [3.8, 4) is 0 Å². The van der Waals surface area contributed by atoms with E-state index in [4.69, 9.17) is 11.6 Å². The fourth-order valence-electron chi connectivity index (χ4n) is 2.27. The molecular weight excluding hydrogens is 256 g/mol. The minimum absolute atomic E-state index is 0.313. The maximum absolute atomic E-state index is 11.3. The Labute approximate surface area is 110 Å². The average Bonchev–Trinajstić information content (AvgIpc) is 2.81. The molecule has 4 heteroatoms. The molecule has 1 N–H and O–H groups in total. The number of benzene rings is 1. The molecule has 0 radical (unpaired) electrons. The molecule has 1 aromatic rings. The minimum Gasteiger partial charge on any atom is -0.480 e. The zero-order valence-electron chi connectivity index (χ0n) is 9.43. The van der Waals surface area contributed by atoms with Crippen LogP contribution in [0.3, 0.4) is 0 Å². The van der Waals surface area contributed by atoms with Crippen molar-refractivity contribution in [3.63, 3.8) is 0 Å². The summed E-state index contributed by atoms with van der Waals surface area (Å²) in [4.78, 5) is 12.3. The van der Waals surface area contributed by atoms with Crippen LogP contribution in [0.15, 0.2) is 29.2 Å². The molecule has 1 aliphatic rings. The van der Waals surface area contributed by atoms with Crippen LogP contribution in [0.1, 0.15) is 25.7 Å². The lowest BCUT2D eigenvalue weighted by atomic mass is 10.0. The number of rotatable bonds is 4. The Morgan fingerprint density at radius 3 is 2.41 bits per heavy atom. The van der Waals surface area contributed by atoms with Gasteiger partial charge in [0.1, 0.15) is 5.25 Å². The first-order valence-electron chi connectivity index (χ1n) is 5.82. The van der Waals surface area contributed by atoms with Crippen molar-refractivity contribution in [1.29, 1.82) is 0 Å². The van der Waals surface area contributed by atoms with Gasteiger partial charge < -0.3 is 5.11 Å². The Morgan fingerprint density at radius 1 is 1.29 bits per heavy atom. The maximum Gasteiger partial charge on any atom is 0.317 e. The summed E-state index contributed by atoms with van der Waals surface area (Å²) in [6.45, 7) is 0. The van der Waals surface area contributed by atoms with Crippen molar-refractivity contribution in [3.05, 3.63) is 29.3 Å². The van der Waals surface area contributed by atoms with Gasteiger partial charge in [0.05, 0.1) is 0 Å². The molecule has 1 atom stereocenters. The monoisotopic (exact) mass is 270 g/mol. The maximum atomic E-state index is 11.3. The molecule has 1 saturated carbocycles. The SMILES string of the molecule is O=C(O)C(Sc1ccc(Cl)cc1)C1CCCC1. The molecule has 0 bridgehead atoms. The second-order valence-electron chi connectivity index (χ2n) is 4.38. The van der Waals surface area contributed by atoms with Crippen LogP contribution in [0.4, 0.5) is 0 Å². The molecule has 0 aliphatic heterocycles. The molecule has 0 aromatic heterocycles. The van der Waals surface area contributed by atoms with Gasteiger partial charge in [-0.15, -0.1) is 11.8 Å². The highest BCUT2D eigenvalue weighted by Crippen LogP contribution is 2.37. The Kier molecular flexibility index (Phi) is 4.35. The van der Waals surface area contributed by atoms with Crippen LogP contribution in [-0.2, 0) is 4.79 Å². The summed E-state index contributed by atoms with van der Waals surface area (Å²) in [6.07, 6.45) is 4.40. The highest BCUT2D eigenvalue weighted by atomic mass is 35.5. The van der Waals surface area contributed by atoms with Crippen LogP contribution in [0.25, 0.3) is 0 Å². The van der Waals surface area contributed by atoms with E-state index in [1.54, 1.807) is 12.1 Å². The number of hydrogen-bond acceptors (Lipinski definition) is 2. The quantitative estimate of drug-likeness (QED) is 0.838. The van der Waals surface area contributed by atoms with Crippen LogP contribution in [0.2, 0.25) is 5.02 Å². The standard InChI is InChI=1S/C13H15ClO2S/c14-10-5-7-11(8-6-10)17-12(13(15)16)9-3-1-2-4-9/h5-9,12H,1-4H2,(H,15,16). The molecule has 2 rings (SSSR count). The zero-order valence-corrected chi connectivity index (χ0v) is 11.0. The van der Waals surface area contributed by atoms with Gasteiger partial charge in [0.25, 0.3) is 0 Å². The number of halogens is 1. The van der Waals surface area contributed by atoms with Gasteiger partial charge in [0, 0.05) is 9.92 Å². The molecule has 1 fully saturated rings. The normalized spacial score (nSPS) is 18.2. The fraction of sp³-hybridized carbons (Fsp3) is 0.462. The van der Waals surface area contributed by atoms with Gasteiger partial charge in [0.2, 0.25) is 0 Å². The summed E-state index contributed by atoms with van der Waals surface area (Å²) >= 11 is 7.26. The van der Waals surface area contributed by atoms with E-state index < -0.39 is 5.97 Å². The predicted molar refractivity (Wildman–Crippen MR) is 70.7 cm³/mol. The Balaban J connectivity index is 2.06. The van der Waals surface area contributed by atoms with E-state index in [-0.39, 0.29) is 5.25 Å². The van der Waals surface area contributed by atoms with Crippen molar-refractivity contribution in [2.75, 3.05) is 0 Å². The molecular formula is C13H15ClO2S. The number of carboxylic acid groups (broad SMARTS) is 1. The third-order valence-corrected chi connectivity index (χ3v) is 4.78. The third-order valence-electron chi connectivity index (χ3n) is 3.15. The van der Waals surface area contributed by atoms with Crippen molar-refractivity contribution < 1.29 is 9.90 Å². The molecule has 17 heavy (non-hydrogen) atoms. The molecule has 0 heterocycles. The molecule has 2 nitrogen and oxygen atoms in total. The number of carboxylic acids is 1. The molecule has 0 saturated heterocycles. The Bertz CT molecular complexity index is 385. The molecule has 0 spiro atoms. The third kappa shape index (κ3) is 3.39. The summed E-state index contributed by atoms with van der Waals surface area (Å²) in [6, 6.07) is 7.38. The van der Waals surface area contributed by atoms with E-state index in [1.165, 1.54) is 11.8 Å². The van der Waals surface area contributed by atoms with E-state index in [9.17, 15) is 9.90 Å². The van der Waals surface area contributed by atoms with Crippen LogP contribution < -0.4 is 0 Å². The van der Waals surface area contributed by atoms with Gasteiger partial charge in [-0.2, -0.15) is 0 Å². The van der Waals surface area contributed by atoms with Gasteiger partial charge in [-0.3, -0.25) is 4.79 Å². The number of carbonyl (C=O) groups is 1. The van der Waals surface area contributed by atoms with E-state index in [0.29, 0.717) is 10.9 Å². The van der Waals surface area contributed by atoms with Crippen molar-refractivity contribution in [2.45, 2.75) is 35.8 Å². The number of hydrogen-bond donors (Lipinski definition) is 1. The van der Waals surface area contributed by atoms with Crippen molar-refractivity contribution in [2.24, 2.45) is 5.92 Å². The first kappa shape index (κ1) is 12.8. The summed E-state index contributed by atoms with van der Waals surface area (Å²) < 4.78 is 0. The second-order valence-corrected chi connectivity index (χ2v) is 6.03. The lowest BCUT2D eigenvalue weighted by Crippen LogP contribution is -2.24. The van der Waals surface area contributed by atoms with Crippen molar-refractivity contribution in [1.82, 2.24) is 0 Å². The molecule has 1 unspecified atom stereocenters. The van der Waals surface area contributed by atoms with Crippen LogP contribution >= 0.6 is 23.4 Å². The van der Waals surface area contributed by atoms with Gasteiger partial charge in [0.15, 0.2) is 0 Å². The molecule has 1 aliphatic carbocycles. The van der Waals surface area contributed by atoms with Crippen LogP contribution in [-0.4, -0.2) is 16.3 Å². The topological polar surface area (TPSA) is 37.3 Å². The lowest BCUT2D eigenvalue weighted by molar-refractivity contribution is -0.137. The first-order chi connectivity index (χ1) is 8.16. The largest absolute Gasteiger partial charge is 0.480 e. The predicted octanol–water partition coefficient (Wildman–Crippen LogP) is 4.08. The van der Waals surface area contributed by atoms with Crippen molar-refractivity contribution >= 4 is 29.3 Å². The molecule has 1 aromatic carbocycles. The smallest absolute Gasteiger partial charge is 0.317 e. The van der Waals surface area contributed by atoms with Gasteiger partial charge in [-0.05, 0) is 43.0 Å². The summed E-state index contributed by atoms with van der Waals surface area (Å²) in [5, 5.41) is 9.66. The number of thioether (sulfide) groups is 1. The lowest BCUT2D eigenvalue weighted by Gasteiger charge is -2.18. The molecule has 92 valence electrons.